The van der Waals surface area contributed by atoms with Gasteiger partial charge in [0, 0.05) is 17.8 Å². The SMILES string of the molecule is CCN(C(=O)c1ccc2nc[nH]c2c1)c1ccccc1C. The fourth-order valence-corrected chi connectivity index (χ4v) is 2.51. The van der Waals surface area contributed by atoms with E-state index in [9.17, 15) is 4.79 Å². The molecule has 0 spiro atoms. The Morgan fingerprint density at radius 1 is 1.24 bits per heavy atom. The van der Waals surface area contributed by atoms with Crippen molar-refractivity contribution in [3.8, 4) is 0 Å². The molecule has 1 aromatic heterocycles. The smallest absolute Gasteiger partial charge is 0.258 e. The molecule has 2 aromatic carbocycles. The molecule has 3 aromatic rings. The topological polar surface area (TPSA) is 49.0 Å². The maximum Gasteiger partial charge on any atom is 0.258 e. The second-order valence-corrected chi connectivity index (χ2v) is 4.97. The summed E-state index contributed by atoms with van der Waals surface area (Å²) in [4.78, 5) is 21.8. The van der Waals surface area contributed by atoms with Crippen LogP contribution in [0, 0.1) is 6.92 Å². The van der Waals surface area contributed by atoms with Crippen LogP contribution in [0.25, 0.3) is 11.0 Å². The minimum Gasteiger partial charge on any atom is -0.345 e. The number of rotatable bonds is 3. The number of aromatic nitrogens is 2. The molecule has 0 saturated heterocycles. The molecule has 0 aliphatic carbocycles. The third-order valence-electron chi connectivity index (χ3n) is 3.63. The van der Waals surface area contributed by atoms with Crippen LogP contribution in [0.3, 0.4) is 0 Å². The first-order chi connectivity index (χ1) is 10.2. The van der Waals surface area contributed by atoms with Gasteiger partial charge in [-0.1, -0.05) is 18.2 Å². The first-order valence-corrected chi connectivity index (χ1v) is 7.01. The van der Waals surface area contributed by atoms with Gasteiger partial charge in [-0.05, 0) is 43.7 Å². The van der Waals surface area contributed by atoms with E-state index in [0.29, 0.717) is 12.1 Å². The largest absolute Gasteiger partial charge is 0.345 e. The maximum atomic E-state index is 12.8. The number of aryl methyl sites for hydroxylation is 1. The van der Waals surface area contributed by atoms with Crippen molar-refractivity contribution in [1.29, 1.82) is 0 Å². The summed E-state index contributed by atoms with van der Waals surface area (Å²) in [5, 5.41) is 0. The van der Waals surface area contributed by atoms with E-state index in [0.717, 1.165) is 22.3 Å². The number of imidazole rings is 1. The number of hydrogen-bond donors (Lipinski definition) is 1. The molecule has 0 aliphatic rings. The molecule has 0 aliphatic heterocycles. The van der Waals surface area contributed by atoms with Crippen molar-refractivity contribution in [2.45, 2.75) is 13.8 Å². The quantitative estimate of drug-likeness (QED) is 0.797. The predicted molar refractivity (Wildman–Crippen MR) is 84.6 cm³/mol. The maximum absolute atomic E-state index is 12.8. The van der Waals surface area contributed by atoms with Gasteiger partial charge in [-0.2, -0.15) is 0 Å². The molecule has 0 atom stereocenters. The number of carbonyl (C=O) groups excluding carboxylic acids is 1. The van der Waals surface area contributed by atoms with E-state index < -0.39 is 0 Å². The highest BCUT2D eigenvalue weighted by atomic mass is 16.2. The average Bonchev–Trinajstić information content (AvgIpc) is 2.97. The molecule has 1 amide bonds. The minimum absolute atomic E-state index is 0.00306. The molecule has 0 fully saturated rings. The third-order valence-corrected chi connectivity index (χ3v) is 3.63. The lowest BCUT2D eigenvalue weighted by Crippen LogP contribution is -2.31. The Hall–Kier alpha value is -2.62. The minimum atomic E-state index is 0.00306. The number of anilines is 1. The second kappa shape index (κ2) is 5.40. The van der Waals surface area contributed by atoms with Crippen LogP contribution in [0.4, 0.5) is 5.69 Å². The monoisotopic (exact) mass is 279 g/mol. The predicted octanol–water partition coefficient (Wildman–Crippen LogP) is 3.54. The number of aromatic amines is 1. The molecule has 1 N–H and O–H groups in total. The first kappa shape index (κ1) is 13.4. The standard InChI is InChI=1S/C17H17N3O/c1-3-20(16-7-5-4-6-12(16)2)17(21)13-8-9-14-15(10-13)19-11-18-14/h4-11H,3H2,1-2H3,(H,18,19). The Morgan fingerprint density at radius 3 is 2.81 bits per heavy atom. The highest BCUT2D eigenvalue weighted by Crippen LogP contribution is 2.22. The summed E-state index contributed by atoms with van der Waals surface area (Å²) in [6, 6.07) is 13.5. The van der Waals surface area contributed by atoms with Gasteiger partial charge in [-0.15, -0.1) is 0 Å². The van der Waals surface area contributed by atoms with Crippen molar-refractivity contribution >= 4 is 22.6 Å². The third kappa shape index (κ3) is 2.40. The van der Waals surface area contributed by atoms with Gasteiger partial charge in [0.25, 0.3) is 5.91 Å². The molecule has 0 unspecified atom stereocenters. The molecular formula is C17H17N3O. The van der Waals surface area contributed by atoms with E-state index >= 15 is 0 Å². The van der Waals surface area contributed by atoms with Crippen LogP contribution in [0.15, 0.2) is 48.8 Å². The summed E-state index contributed by atoms with van der Waals surface area (Å²) in [6.07, 6.45) is 1.64. The van der Waals surface area contributed by atoms with Crippen LogP contribution in [0.5, 0.6) is 0 Å². The van der Waals surface area contributed by atoms with E-state index in [2.05, 4.69) is 9.97 Å². The van der Waals surface area contributed by atoms with Crippen molar-refractivity contribution < 1.29 is 4.79 Å². The van der Waals surface area contributed by atoms with Crippen molar-refractivity contribution in [3.63, 3.8) is 0 Å². The van der Waals surface area contributed by atoms with E-state index in [1.54, 1.807) is 11.2 Å². The zero-order chi connectivity index (χ0) is 14.8. The summed E-state index contributed by atoms with van der Waals surface area (Å²) in [5.41, 5.74) is 4.45. The summed E-state index contributed by atoms with van der Waals surface area (Å²) >= 11 is 0. The van der Waals surface area contributed by atoms with Gasteiger partial charge in [0.15, 0.2) is 0 Å². The number of hydrogen-bond acceptors (Lipinski definition) is 2. The lowest BCUT2D eigenvalue weighted by Gasteiger charge is -2.23. The van der Waals surface area contributed by atoms with Crippen LogP contribution in [-0.2, 0) is 0 Å². The lowest BCUT2D eigenvalue weighted by atomic mass is 10.1. The number of fused-ring (bicyclic) bond motifs is 1. The zero-order valence-electron chi connectivity index (χ0n) is 12.1. The van der Waals surface area contributed by atoms with Crippen molar-refractivity contribution in [3.05, 3.63) is 59.9 Å². The molecule has 0 saturated carbocycles. The number of nitrogens with zero attached hydrogens (tertiary/aromatic N) is 2. The second-order valence-electron chi connectivity index (χ2n) is 4.97. The number of amides is 1. The molecular weight excluding hydrogens is 262 g/mol. The van der Waals surface area contributed by atoms with Gasteiger partial charge < -0.3 is 9.88 Å². The summed E-state index contributed by atoms with van der Waals surface area (Å²) in [5.74, 6) is 0.00306. The van der Waals surface area contributed by atoms with Gasteiger partial charge in [0.1, 0.15) is 0 Å². The number of H-pyrrole nitrogens is 1. The van der Waals surface area contributed by atoms with Gasteiger partial charge in [0.2, 0.25) is 0 Å². The molecule has 0 radical (unpaired) electrons. The van der Waals surface area contributed by atoms with E-state index in [4.69, 9.17) is 0 Å². The van der Waals surface area contributed by atoms with Gasteiger partial charge >= 0.3 is 0 Å². The van der Waals surface area contributed by atoms with E-state index in [-0.39, 0.29) is 5.91 Å². The fraction of sp³-hybridized carbons (Fsp3) is 0.176. The van der Waals surface area contributed by atoms with Gasteiger partial charge in [-0.3, -0.25) is 4.79 Å². The number of para-hydroxylation sites is 1. The van der Waals surface area contributed by atoms with Crippen LogP contribution in [0.2, 0.25) is 0 Å². The summed E-state index contributed by atoms with van der Waals surface area (Å²) in [7, 11) is 0. The number of benzene rings is 2. The summed E-state index contributed by atoms with van der Waals surface area (Å²) in [6.45, 7) is 4.63. The number of carbonyl (C=O) groups is 1. The Labute approximate surface area is 123 Å². The normalized spacial score (nSPS) is 10.8. The van der Waals surface area contributed by atoms with E-state index in [1.165, 1.54) is 0 Å². The Balaban J connectivity index is 2.00. The number of nitrogens with one attached hydrogen (secondary N) is 1. The lowest BCUT2D eigenvalue weighted by molar-refractivity contribution is 0.0988. The highest BCUT2D eigenvalue weighted by Gasteiger charge is 2.17. The van der Waals surface area contributed by atoms with Crippen LogP contribution >= 0.6 is 0 Å². The van der Waals surface area contributed by atoms with Crippen molar-refractivity contribution in [1.82, 2.24) is 9.97 Å². The molecule has 4 nitrogen and oxygen atoms in total. The van der Waals surface area contributed by atoms with Crippen molar-refractivity contribution in [2.75, 3.05) is 11.4 Å². The Morgan fingerprint density at radius 2 is 2.05 bits per heavy atom. The molecule has 0 bridgehead atoms. The molecule has 1 heterocycles. The molecule has 4 heteroatoms. The molecule has 3 rings (SSSR count). The van der Waals surface area contributed by atoms with E-state index in [1.807, 2.05) is 56.3 Å². The van der Waals surface area contributed by atoms with Gasteiger partial charge in [0.05, 0.1) is 17.4 Å². The average molecular weight is 279 g/mol. The fourth-order valence-electron chi connectivity index (χ4n) is 2.51. The highest BCUT2D eigenvalue weighted by molar-refractivity contribution is 6.07. The van der Waals surface area contributed by atoms with Crippen LogP contribution < -0.4 is 4.90 Å². The Kier molecular flexibility index (Phi) is 3.44. The molecule has 106 valence electrons. The van der Waals surface area contributed by atoms with Crippen LogP contribution in [0.1, 0.15) is 22.8 Å². The first-order valence-electron chi connectivity index (χ1n) is 7.01. The zero-order valence-corrected chi connectivity index (χ0v) is 12.1. The van der Waals surface area contributed by atoms with Crippen molar-refractivity contribution in [2.24, 2.45) is 0 Å². The molecule has 21 heavy (non-hydrogen) atoms. The van der Waals surface area contributed by atoms with Crippen LogP contribution in [-0.4, -0.2) is 22.4 Å². The van der Waals surface area contributed by atoms with Gasteiger partial charge in [-0.25, -0.2) is 4.98 Å². The Bertz CT molecular complexity index is 791. The summed E-state index contributed by atoms with van der Waals surface area (Å²) < 4.78 is 0.